The maximum absolute atomic E-state index is 11.8. The number of allylic oxidation sites excluding steroid dienone is 1. The number of anilines is 2. The molecule has 1 aliphatic rings. The van der Waals surface area contributed by atoms with Crippen molar-refractivity contribution in [1.29, 1.82) is 0 Å². The Morgan fingerprint density at radius 1 is 1.14 bits per heavy atom. The van der Waals surface area contributed by atoms with E-state index in [-0.39, 0.29) is 6.03 Å². The minimum Gasteiger partial charge on any atom is -0.372 e. The van der Waals surface area contributed by atoms with E-state index >= 15 is 0 Å². The van der Waals surface area contributed by atoms with Crippen molar-refractivity contribution in [1.82, 2.24) is 5.32 Å². The monoisotopic (exact) mass is 287 g/mol. The summed E-state index contributed by atoms with van der Waals surface area (Å²) in [6.45, 7) is 6.24. The standard InChI is InChI=1S/C17H25N3O/c1-3-20(4-2)16-11-9-15(10-12-16)19-17(21)18-13-14-7-5-6-8-14/h9-13H,3-8H2,1-2H3,(H2,18,19,21). The average Bonchev–Trinajstić information content (AvgIpc) is 3.01. The SMILES string of the molecule is CCN(CC)c1ccc(NC(=O)NC=C2CCCC2)cc1. The molecule has 1 saturated carbocycles. The van der Waals surface area contributed by atoms with E-state index in [4.69, 9.17) is 0 Å². The quantitative estimate of drug-likeness (QED) is 0.856. The minimum atomic E-state index is -0.176. The Balaban J connectivity index is 1.87. The largest absolute Gasteiger partial charge is 0.372 e. The second kappa shape index (κ2) is 7.72. The average molecular weight is 287 g/mol. The number of nitrogens with zero attached hydrogens (tertiary/aromatic N) is 1. The molecule has 21 heavy (non-hydrogen) atoms. The van der Waals surface area contributed by atoms with Crippen LogP contribution in [-0.2, 0) is 0 Å². The van der Waals surface area contributed by atoms with Crippen molar-refractivity contribution >= 4 is 17.4 Å². The molecule has 0 spiro atoms. The lowest BCUT2D eigenvalue weighted by molar-refractivity contribution is 0.255. The number of rotatable bonds is 5. The third-order valence-electron chi connectivity index (χ3n) is 3.91. The van der Waals surface area contributed by atoms with Crippen LogP contribution in [-0.4, -0.2) is 19.1 Å². The summed E-state index contributed by atoms with van der Waals surface area (Å²) in [6, 6.07) is 7.78. The molecule has 2 rings (SSSR count). The Hall–Kier alpha value is -1.97. The van der Waals surface area contributed by atoms with Gasteiger partial charge in [0.2, 0.25) is 0 Å². The lowest BCUT2D eigenvalue weighted by Crippen LogP contribution is -2.24. The van der Waals surface area contributed by atoms with Crippen LogP contribution in [0.4, 0.5) is 16.2 Å². The zero-order valence-corrected chi connectivity index (χ0v) is 13.0. The van der Waals surface area contributed by atoms with Gasteiger partial charge >= 0.3 is 6.03 Å². The molecular formula is C17H25N3O. The number of urea groups is 1. The van der Waals surface area contributed by atoms with Crippen LogP contribution < -0.4 is 15.5 Å². The lowest BCUT2D eigenvalue weighted by atomic mass is 10.2. The van der Waals surface area contributed by atoms with Gasteiger partial charge in [-0.15, -0.1) is 0 Å². The Morgan fingerprint density at radius 3 is 2.33 bits per heavy atom. The molecule has 0 bridgehead atoms. The van der Waals surface area contributed by atoms with E-state index in [1.165, 1.54) is 24.1 Å². The number of amides is 2. The van der Waals surface area contributed by atoms with Crippen LogP contribution in [0.2, 0.25) is 0 Å². The van der Waals surface area contributed by atoms with Gasteiger partial charge in [-0.2, -0.15) is 0 Å². The van der Waals surface area contributed by atoms with Crippen LogP contribution in [0.1, 0.15) is 39.5 Å². The molecule has 2 amide bonds. The van der Waals surface area contributed by atoms with Gasteiger partial charge in [-0.05, 0) is 63.8 Å². The van der Waals surface area contributed by atoms with E-state index in [0.29, 0.717) is 0 Å². The maximum Gasteiger partial charge on any atom is 0.323 e. The second-order valence-electron chi connectivity index (χ2n) is 5.33. The molecule has 0 unspecified atom stereocenters. The molecule has 0 aliphatic heterocycles. The van der Waals surface area contributed by atoms with Crippen molar-refractivity contribution in [3.8, 4) is 0 Å². The molecule has 1 aromatic carbocycles. The fraction of sp³-hybridized carbons (Fsp3) is 0.471. The van der Waals surface area contributed by atoms with E-state index in [1.807, 2.05) is 30.5 Å². The molecule has 4 heteroatoms. The second-order valence-corrected chi connectivity index (χ2v) is 5.33. The summed E-state index contributed by atoms with van der Waals surface area (Å²) in [5.41, 5.74) is 3.33. The molecule has 0 heterocycles. The predicted molar refractivity (Wildman–Crippen MR) is 88.7 cm³/mol. The number of hydrogen-bond acceptors (Lipinski definition) is 2. The summed E-state index contributed by atoms with van der Waals surface area (Å²) in [5, 5.41) is 5.67. The van der Waals surface area contributed by atoms with Gasteiger partial charge in [0.15, 0.2) is 0 Å². The highest BCUT2D eigenvalue weighted by Crippen LogP contribution is 2.22. The highest BCUT2D eigenvalue weighted by Gasteiger charge is 2.07. The molecule has 0 aromatic heterocycles. The molecular weight excluding hydrogens is 262 g/mol. The van der Waals surface area contributed by atoms with Gasteiger partial charge < -0.3 is 15.5 Å². The highest BCUT2D eigenvalue weighted by molar-refractivity contribution is 5.90. The number of benzene rings is 1. The normalized spacial score (nSPS) is 13.9. The van der Waals surface area contributed by atoms with Gasteiger partial charge in [0, 0.05) is 30.7 Å². The summed E-state index contributed by atoms with van der Waals surface area (Å²) in [7, 11) is 0. The van der Waals surface area contributed by atoms with Crippen molar-refractivity contribution in [3.05, 3.63) is 36.0 Å². The first-order chi connectivity index (χ1) is 10.2. The van der Waals surface area contributed by atoms with Crippen LogP contribution in [0.5, 0.6) is 0 Å². The summed E-state index contributed by atoms with van der Waals surface area (Å²) in [6.07, 6.45) is 6.55. The first-order valence-electron chi connectivity index (χ1n) is 7.83. The number of carbonyl (C=O) groups excluding carboxylic acids is 1. The molecule has 0 atom stereocenters. The highest BCUT2D eigenvalue weighted by atomic mass is 16.2. The third kappa shape index (κ3) is 4.52. The summed E-state index contributed by atoms with van der Waals surface area (Å²) in [4.78, 5) is 14.1. The van der Waals surface area contributed by atoms with Crippen molar-refractivity contribution in [2.24, 2.45) is 0 Å². The fourth-order valence-corrected chi connectivity index (χ4v) is 2.65. The van der Waals surface area contributed by atoms with Crippen molar-refractivity contribution in [2.45, 2.75) is 39.5 Å². The molecule has 114 valence electrons. The van der Waals surface area contributed by atoms with Crippen molar-refractivity contribution in [2.75, 3.05) is 23.3 Å². The molecule has 1 aliphatic carbocycles. The van der Waals surface area contributed by atoms with Crippen LogP contribution in [0.25, 0.3) is 0 Å². The molecule has 1 aromatic rings. The van der Waals surface area contributed by atoms with E-state index < -0.39 is 0 Å². The minimum absolute atomic E-state index is 0.176. The van der Waals surface area contributed by atoms with Crippen LogP contribution in [0.15, 0.2) is 36.0 Å². The fourth-order valence-electron chi connectivity index (χ4n) is 2.65. The summed E-state index contributed by atoms with van der Waals surface area (Å²) < 4.78 is 0. The van der Waals surface area contributed by atoms with E-state index in [0.717, 1.165) is 31.6 Å². The van der Waals surface area contributed by atoms with Crippen molar-refractivity contribution < 1.29 is 4.79 Å². The Labute approximate surface area is 127 Å². The lowest BCUT2D eigenvalue weighted by Gasteiger charge is -2.21. The Bertz CT molecular complexity index is 481. The van der Waals surface area contributed by atoms with Gasteiger partial charge in [0.05, 0.1) is 0 Å². The molecule has 4 nitrogen and oxygen atoms in total. The summed E-state index contributed by atoms with van der Waals surface area (Å²) >= 11 is 0. The first-order valence-corrected chi connectivity index (χ1v) is 7.83. The predicted octanol–water partition coefficient (Wildman–Crippen LogP) is 4.11. The number of hydrogen-bond donors (Lipinski definition) is 2. The Morgan fingerprint density at radius 2 is 1.76 bits per heavy atom. The third-order valence-corrected chi connectivity index (χ3v) is 3.91. The zero-order chi connectivity index (χ0) is 15.1. The van der Waals surface area contributed by atoms with Gasteiger partial charge in [-0.3, -0.25) is 0 Å². The van der Waals surface area contributed by atoms with Crippen molar-refractivity contribution in [3.63, 3.8) is 0 Å². The molecule has 0 saturated heterocycles. The first kappa shape index (κ1) is 15.4. The van der Waals surface area contributed by atoms with E-state index in [2.05, 4.69) is 29.4 Å². The molecule has 2 N–H and O–H groups in total. The van der Waals surface area contributed by atoms with Crippen LogP contribution >= 0.6 is 0 Å². The molecule has 0 radical (unpaired) electrons. The van der Waals surface area contributed by atoms with Gasteiger partial charge in [-0.1, -0.05) is 5.57 Å². The smallest absolute Gasteiger partial charge is 0.323 e. The summed E-state index contributed by atoms with van der Waals surface area (Å²) in [5.74, 6) is 0. The van der Waals surface area contributed by atoms with E-state index in [1.54, 1.807) is 0 Å². The molecule has 1 fully saturated rings. The maximum atomic E-state index is 11.8. The Kier molecular flexibility index (Phi) is 5.67. The topological polar surface area (TPSA) is 44.4 Å². The van der Waals surface area contributed by atoms with Gasteiger partial charge in [0.1, 0.15) is 0 Å². The zero-order valence-electron chi connectivity index (χ0n) is 13.0. The number of nitrogens with one attached hydrogen (secondary N) is 2. The van der Waals surface area contributed by atoms with Gasteiger partial charge in [-0.25, -0.2) is 4.79 Å². The van der Waals surface area contributed by atoms with Crippen LogP contribution in [0.3, 0.4) is 0 Å². The van der Waals surface area contributed by atoms with E-state index in [9.17, 15) is 4.79 Å². The van der Waals surface area contributed by atoms with Crippen LogP contribution in [0, 0.1) is 0 Å². The number of carbonyl (C=O) groups is 1. The van der Waals surface area contributed by atoms with Gasteiger partial charge in [0.25, 0.3) is 0 Å².